The molecule has 124 valence electrons. The first kappa shape index (κ1) is 19.1. The lowest BCUT2D eigenvalue weighted by molar-refractivity contribution is 0.414. The van der Waals surface area contributed by atoms with Gasteiger partial charge in [-0.2, -0.15) is 0 Å². The van der Waals surface area contributed by atoms with Crippen molar-refractivity contribution < 1.29 is 4.74 Å². The van der Waals surface area contributed by atoms with Crippen LogP contribution in [0.2, 0.25) is 0 Å². The van der Waals surface area contributed by atoms with Gasteiger partial charge in [-0.25, -0.2) is 4.98 Å². The molecule has 1 aromatic carbocycles. The van der Waals surface area contributed by atoms with E-state index in [1.54, 1.807) is 7.11 Å². The van der Waals surface area contributed by atoms with Crippen LogP contribution in [0.15, 0.2) is 59.9 Å². The Kier molecular flexibility index (Phi) is 8.91. The second kappa shape index (κ2) is 10.7. The normalized spacial score (nSPS) is 9.43. The number of nitrogens with zero attached hydrogens (tertiary/aromatic N) is 2. The van der Waals surface area contributed by atoms with Crippen molar-refractivity contribution in [3.8, 4) is 5.75 Å². The first-order valence-electron chi connectivity index (χ1n) is 8.03. The SMILES string of the molecule is CC.CC.COc1ccc(CSc2ccc3nccn3c2)cc1. The van der Waals surface area contributed by atoms with Crippen LogP contribution in [0.5, 0.6) is 5.75 Å². The molecule has 0 radical (unpaired) electrons. The Labute approximate surface area is 143 Å². The largest absolute Gasteiger partial charge is 0.497 e. The van der Waals surface area contributed by atoms with Crippen molar-refractivity contribution in [1.29, 1.82) is 0 Å². The molecule has 0 fully saturated rings. The van der Waals surface area contributed by atoms with E-state index in [-0.39, 0.29) is 0 Å². The fourth-order valence-electron chi connectivity index (χ4n) is 1.87. The third-order valence-electron chi connectivity index (χ3n) is 2.93. The standard InChI is InChI=1S/C15H14N2OS.2C2H6/c1-18-13-4-2-12(3-5-13)11-19-14-6-7-15-16-8-9-17(15)10-14;2*1-2/h2-10H,11H2,1H3;2*1-2H3. The van der Waals surface area contributed by atoms with Crippen LogP contribution in [0.1, 0.15) is 33.3 Å². The number of hydrogen-bond acceptors (Lipinski definition) is 3. The van der Waals surface area contributed by atoms with Crippen LogP contribution in [0, 0.1) is 0 Å². The molecular formula is C19H26N2OS. The highest BCUT2D eigenvalue weighted by Gasteiger charge is 1.99. The van der Waals surface area contributed by atoms with E-state index in [9.17, 15) is 0 Å². The number of methoxy groups -OCH3 is 1. The van der Waals surface area contributed by atoms with Gasteiger partial charge in [0.15, 0.2) is 0 Å². The zero-order chi connectivity index (χ0) is 17.1. The average molecular weight is 330 g/mol. The fraction of sp³-hybridized carbons (Fsp3) is 0.316. The Morgan fingerprint density at radius 3 is 2.35 bits per heavy atom. The minimum Gasteiger partial charge on any atom is -0.497 e. The molecule has 0 unspecified atom stereocenters. The van der Waals surface area contributed by atoms with Gasteiger partial charge in [0.1, 0.15) is 11.4 Å². The summed E-state index contributed by atoms with van der Waals surface area (Å²) in [5.41, 5.74) is 2.27. The van der Waals surface area contributed by atoms with Gasteiger partial charge in [0, 0.05) is 29.2 Å². The third-order valence-corrected chi connectivity index (χ3v) is 3.98. The zero-order valence-corrected chi connectivity index (χ0v) is 15.4. The van der Waals surface area contributed by atoms with Crippen molar-refractivity contribution in [1.82, 2.24) is 9.38 Å². The van der Waals surface area contributed by atoms with Gasteiger partial charge < -0.3 is 9.14 Å². The number of thioether (sulfide) groups is 1. The summed E-state index contributed by atoms with van der Waals surface area (Å²) in [5.74, 6) is 1.85. The van der Waals surface area contributed by atoms with Gasteiger partial charge in [-0.15, -0.1) is 11.8 Å². The Hall–Kier alpha value is -1.94. The van der Waals surface area contributed by atoms with Gasteiger partial charge in [-0.3, -0.25) is 0 Å². The molecule has 4 heteroatoms. The first-order valence-corrected chi connectivity index (χ1v) is 9.02. The van der Waals surface area contributed by atoms with Gasteiger partial charge >= 0.3 is 0 Å². The van der Waals surface area contributed by atoms with Crippen LogP contribution in [0.3, 0.4) is 0 Å². The minimum atomic E-state index is 0.897. The van der Waals surface area contributed by atoms with Crippen molar-refractivity contribution in [2.45, 2.75) is 38.3 Å². The summed E-state index contributed by atoms with van der Waals surface area (Å²) in [5, 5.41) is 0. The molecule has 23 heavy (non-hydrogen) atoms. The van der Waals surface area contributed by atoms with Gasteiger partial charge in [-0.1, -0.05) is 39.8 Å². The predicted molar refractivity (Wildman–Crippen MR) is 100 cm³/mol. The van der Waals surface area contributed by atoms with Crippen molar-refractivity contribution in [3.05, 3.63) is 60.6 Å². The van der Waals surface area contributed by atoms with Crippen molar-refractivity contribution in [3.63, 3.8) is 0 Å². The number of hydrogen-bond donors (Lipinski definition) is 0. The zero-order valence-electron chi connectivity index (χ0n) is 14.6. The quantitative estimate of drug-likeness (QED) is 0.575. The van der Waals surface area contributed by atoms with Crippen LogP contribution in [0.4, 0.5) is 0 Å². The molecule has 0 aliphatic carbocycles. The molecule has 0 N–H and O–H groups in total. The molecule has 0 aliphatic rings. The summed E-state index contributed by atoms with van der Waals surface area (Å²) >= 11 is 1.82. The molecule has 3 nitrogen and oxygen atoms in total. The van der Waals surface area contributed by atoms with E-state index in [4.69, 9.17) is 4.74 Å². The Bertz CT molecular complexity index is 677. The molecule has 0 saturated heterocycles. The lowest BCUT2D eigenvalue weighted by atomic mass is 10.2. The number of ether oxygens (including phenoxy) is 1. The number of aromatic nitrogens is 2. The second-order valence-electron chi connectivity index (χ2n) is 4.19. The van der Waals surface area contributed by atoms with E-state index < -0.39 is 0 Å². The van der Waals surface area contributed by atoms with Crippen LogP contribution < -0.4 is 4.74 Å². The number of rotatable bonds is 4. The molecule has 0 atom stereocenters. The Morgan fingerprint density at radius 1 is 1.00 bits per heavy atom. The number of benzene rings is 1. The summed E-state index contributed by atoms with van der Waals surface area (Å²) in [6, 6.07) is 12.3. The minimum absolute atomic E-state index is 0.897. The summed E-state index contributed by atoms with van der Waals surface area (Å²) in [6.45, 7) is 8.00. The number of pyridine rings is 1. The maximum absolute atomic E-state index is 5.15. The molecule has 3 aromatic rings. The number of fused-ring (bicyclic) bond motifs is 1. The molecule has 2 heterocycles. The van der Waals surface area contributed by atoms with E-state index >= 15 is 0 Å². The first-order chi connectivity index (χ1) is 11.3. The highest BCUT2D eigenvalue weighted by Crippen LogP contribution is 2.24. The van der Waals surface area contributed by atoms with Gasteiger partial charge in [0.2, 0.25) is 0 Å². The van der Waals surface area contributed by atoms with Crippen LogP contribution in [0.25, 0.3) is 5.65 Å². The molecule has 2 aromatic heterocycles. The van der Waals surface area contributed by atoms with Crippen LogP contribution in [-0.4, -0.2) is 16.5 Å². The predicted octanol–water partition coefficient (Wildman–Crippen LogP) is 5.69. The maximum atomic E-state index is 5.15. The van der Waals surface area contributed by atoms with Gasteiger partial charge in [0.25, 0.3) is 0 Å². The summed E-state index contributed by atoms with van der Waals surface area (Å²) in [4.78, 5) is 5.47. The maximum Gasteiger partial charge on any atom is 0.136 e. The molecule has 3 rings (SSSR count). The number of imidazole rings is 1. The monoisotopic (exact) mass is 330 g/mol. The van der Waals surface area contributed by atoms with Crippen molar-refractivity contribution in [2.24, 2.45) is 0 Å². The average Bonchev–Trinajstić information content (AvgIpc) is 3.11. The molecule has 0 amide bonds. The third kappa shape index (κ3) is 5.64. The van der Waals surface area contributed by atoms with Gasteiger partial charge in [-0.05, 0) is 29.8 Å². The smallest absolute Gasteiger partial charge is 0.136 e. The van der Waals surface area contributed by atoms with E-state index in [1.807, 2.05) is 74.5 Å². The molecule has 0 aliphatic heterocycles. The Morgan fingerprint density at radius 2 is 1.70 bits per heavy atom. The van der Waals surface area contributed by atoms with Crippen molar-refractivity contribution >= 4 is 17.4 Å². The van der Waals surface area contributed by atoms with E-state index in [0.29, 0.717) is 0 Å². The molecule has 0 saturated carbocycles. The lowest BCUT2D eigenvalue weighted by Crippen LogP contribution is -1.86. The van der Waals surface area contributed by atoms with E-state index in [2.05, 4.69) is 29.4 Å². The summed E-state index contributed by atoms with van der Waals surface area (Å²) in [7, 11) is 1.68. The van der Waals surface area contributed by atoms with E-state index in [1.165, 1.54) is 10.5 Å². The van der Waals surface area contributed by atoms with Gasteiger partial charge in [0.05, 0.1) is 7.11 Å². The second-order valence-corrected chi connectivity index (χ2v) is 5.24. The summed E-state index contributed by atoms with van der Waals surface area (Å²) in [6.07, 6.45) is 5.89. The van der Waals surface area contributed by atoms with Crippen LogP contribution >= 0.6 is 11.8 Å². The molecular weight excluding hydrogens is 304 g/mol. The molecule has 0 spiro atoms. The highest BCUT2D eigenvalue weighted by molar-refractivity contribution is 7.98. The molecule has 0 bridgehead atoms. The van der Waals surface area contributed by atoms with Crippen molar-refractivity contribution in [2.75, 3.05) is 7.11 Å². The summed E-state index contributed by atoms with van der Waals surface area (Å²) < 4.78 is 7.19. The van der Waals surface area contributed by atoms with E-state index in [0.717, 1.165) is 17.1 Å². The fourth-order valence-corrected chi connectivity index (χ4v) is 2.75. The Balaban J connectivity index is 0.000000615. The topological polar surface area (TPSA) is 26.5 Å². The highest BCUT2D eigenvalue weighted by atomic mass is 32.2. The van der Waals surface area contributed by atoms with Crippen LogP contribution in [-0.2, 0) is 5.75 Å². The lowest BCUT2D eigenvalue weighted by Gasteiger charge is -2.04.